The number of nitrogens with zero attached hydrogens (tertiary/aromatic N) is 3. The molecule has 0 bridgehead atoms. The number of aromatic nitrogens is 3. The van der Waals surface area contributed by atoms with Crippen LogP contribution in [0.4, 0.5) is 18.3 Å². The summed E-state index contributed by atoms with van der Waals surface area (Å²) in [5, 5.41) is 4.07. The number of hydrogen-bond donors (Lipinski definition) is 1. The number of furan rings is 1. The molecule has 0 aliphatic rings. The SMILES string of the molecule is Cc1oc2c(c1CC(=O)Nc1nc(-c3ccc(C(F)(F)F)c(Cl)c3)cs1)c(=O)n(C)c(=O)n2C. The van der Waals surface area contributed by atoms with Crippen molar-refractivity contribution in [1.82, 2.24) is 14.1 Å². The molecule has 13 heteroatoms. The minimum absolute atomic E-state index is 0.0733. The lowest BCUT2D eigenvalue weighted by Crippen LogP contribution is -2.36. The Morgan fingerprint density at radius 1 is 1.24 bits per heavy atom. The van der Waals surface area contributed by atoms with E-state index in [0.717, 1.165) is 28.0 Å². The summed E-state index contributed by atoms with van der Waals surface area (Å²) in [5.41, 5.74) is -0.970. The van der Waals surface area contributed by atoms with Gasteiger partial charge in [0, 0.05) is 30.6 Å². The van der Waals surface area contributed by atoms with Gasteiger partial charge in [0.05, 0.1) is 22.7 Å². The highest BCUT2D eigenvalue weighted by molar-refractivity contribution is 7.14. The Morgan fingerprint density at radius 3 is 2.59 bits per heavy atom. The largest absolute Gasteiger partial charge is 0.444 e. The van der Waals surface area contributed by atoms with Crippen LogP contribution in [0.1, 0.15) is 16.9 Å². The van der Waals surface area contributed by atoms with Crippen LogP contribution < -0.4 is 16.6 Å². The number of fused-ring (bicyclic) bond motifs is 1. The topological polar surface area (TPSA) is 99.1 Å². The van der Waals surface area contributed by atoms with Crippen LogP contribution in [0.5, 0.6) is 0 Å². The van der Waals surface area contributed by atoms with Crippen LogP contribution in [0, 0.1) is 6.92 Å². The Morgan fingerprint density at radius 2 is 1.94 bits per heavy atom. The summed E-state index contributed by atoms with van der Waals surface area (Å²) in [6, 6.07) is 3.28. The minimum atomic E-state index is -4.57. The molecule has 1 aromatic carbocycles. The van der Waals surface area contributed by atoms with Crippen LogP contribution in [0.15, 0.2) is 37.6 Å². The first-order chi connectivity index (χ1) is 15.9. The van der Waals surface area contributed by atoms with E-state index in [4.69, 9.17) is 16.0 Å². The smallest absolute Gasteiger partial charge is 0.417 e. The zero-order chi connectivity index (χ0) is 24.9. The molecule has 0 saturated carbocycles. The van der Waals surface area contributed by atoms with Gasteiger partial charge in [-0.3, -0.25) is 18.7 Å². The van der Waals surface area contributed by atoms with E-state index in [2.05, 4.69) is 10.3 Å². The maximum absolute atomic E-state index is 12.9. The third-order valence-electron chi connectivity index (χ3n) is 5.25. The molecule has 1 amide bonds. The van der Waals surface area contributed by atoms with Crippen LogP contribution in [0.3, 0.4) is 0 Å². The van der Waals surface area contributed by atoms with Gasteiger partial charge in [-0.25, -0.2) is 9.78 Å². The lowest BCUT2D eigenvalue weighted by Gasteiger charge is -2.09. The molecule has 34 heavy (non-hydrogen) atoms. The number of halogens is 4. The number of alkyl halides is 3. The molecular weight excluding hydrogens is 497 g/mol. The van der Waals surface area contributed by atoms with Crippen molar-refractivity contribution >= 4 is 45.1 Å². The Kier molecular flexibility index (Phi) is 5.90. The summed E-state index contributed by atoms with van der Waals surface area (Å²) in [4.78, 5) is 41.6. The second-order valence-corrected chi connectivity index (χ2v) is 8.74. The van der Waals surface area contributed by atoms with Gasteiger partial charge in [0.15, 0.2) is 5.13 Å². The number of benzene rings is 1. The third kappa shape index (κ3) is 4.14. The highest BCUT2D eigenvalue weighted by atomic mass is 35.5. The summed E-state index contributed by atoms with van der Waals surface area (Å²) in [6.07, 6.45) is -4.78. The molecule has 0 radical (unpaired) electrons. The molecule has 0 aliphatic carbocycles. The van der Waals surface area contributed by atoms with Gasteiger partial charge >= 0.3 is 11.9 Å². The van der Waals surface area contributed by atoms with Gasteiger partial charge < -0.3 is 9.73 Å². The maximum atomic E-state index is 12.9. The van der Waals surface area contributed by atoms with Crippen molar-refractivity contribution in [3.8, 4) is 11.3 Å². The number of carbonyl (C=O) groups is 1. The number of anilines is 1. The van der Waals surface area contributed by atoms with Crippen molar-refractivity contribution in [2.45, 2.75) is 19.5 Å². The Labute approximate surface area is 198 Å². The Bertz CT molecular complexity index is 1570. The highest BCUT2D eigenvalue weighted by Gasteiger charge is 2.33. The van der Waals surface area contributed by atoms with Crippen LogP contribution in [0.25, 0.3) is 22.4 Å². The molecule has 0 fully saturated rings. The van der Waals surface area contributed by atoms with Crippen LogP contribution in [-0.4, -0.2) is 20.0 Å². The lowest BCUT2D eigenvalue weighted by atomic mass is 10.1. The number of aryl methyl sites for hydroxylation is 2. The summed E-state index contributed by atoms with van der Waals surface area (Å²) >= 11 is 6.85. The zero-order valence-electron chi connectivity index (χ0n) is 17.9. The molecule has 0 saturated heterocycles. The van der Waals surface area contributed by atoms with E-state index >= 15 is 0 Å². The Hall–Kier alpha value is -3.38. The first kappa shape index (κ1) is 23.8. The van der Waals surface area contributed by atoms with Crippen LogP contribution >= 0.6 is 22.9 Å². The van der Waals surface area contributed by atoms with Crippen molar-refractivity contribution in [3.05, 3.63) is 66.3 Å². The number of amides is 1. The number of nitrogens with one attached hydrogen (secondary N) is 1. The van der Waals surface area contributed by atoms with E-state index < -0.39 is 33.9 Å². The van der Waals surface area contributed by atoms with Crippen LogP contribution in [0.2, 0.25) is 5.02 Å². The standard InChI is InChI=1S/C21H16ClF3N4O4S/c1-9-11(16-17(31)28(2)20(32)29(3)18(16)33-9)7-15(30)27-19-26-14(8-34-19)10-4-5-12(13(22)6-10)21(23,24)25/h4-6,8H,7H2,1-3H3,(H,26,27,30). The molecule has 0 aliphatic heterocycles. The Balaban J connectivity index is 1.58. The quantitative estimate of drug-likeness (QED) is 0.443. The molecule has 3 heterocycles. The number of rotatable bonds is 4. The fourth-order valence-electron chi connectivity index (χ4n) is 3.49. The van der Waals surface area contributed by atoms with Crippen LogP contribution in [-0.2, 0) is 31.5 Å². The van der Waals surface area contributed by atoms with Gasteiger partial charge in [0.25, 0.3) is 5.56 Å². The molecule has 178 valence electrons. The molecule has 4 aromatic rings. The van der Waals surface area contributed by atoms with Gasteiger partial charge in [0.1, 0.15) is 11.1 Å². The molecule has 4 rings (SSSR count). The lowest BCUT2D eigenvalue weighted by molar-refractivity contribution is -0.137. The number of thiazole rings is 1. The van der Waals surface area contributed by atoms with E-state index in [-0.39, 0.29) is 22.7 Å². The second kappa shape index (κ2) is 8.44. The summed E-state index contributed by atoms with van der Waals surface area (Å²) < 4.78 is 46.4. The van der Waals surface area contributed by atoms with E-state index in [1.807, 2.05) is 0 Å². The predicted octanol–water partition coefficient (Wildman–Crippen LogP) is 4.12. The van der Waals surface area contributed by atoms with E-state index in [1.165, 1.54) is 24.7 Å². The van der Waals surface area contributed by atoms with Crippen molar-refractivity contribution in [3.63, 3.8) is 0 Å². The summed E-state index contributed by atoms with van der Waals surface area (Å²) in [6.45, 7) is 1.59. The van der Waals surface area contributed by atoms with Crippen molar-refractivity contribution in [1.29, 1.82) is 0 Å². The molecule has 8 nitrogen and oxygen atoms in total. The molecule has 3 aromatic heterocycles. The average Bonchev–Trinajstić information content (AvgIpc) is 3.34. The van der Waals surface area contributed by atoms with Crippen molar-refractivity contribution in [2.75, 3.05) is 5.32 Å². The fraction of sp³-hybridized carbons (Fsp3) is 0.238. The van der Waals surface area contributed by atoms with Gasteiger partial charge in [-0.1, -0.05) is 17.7 Å². The predicted molar refractivity (Wildman–Crippen MR) is 121 cm³/mol. The monoisotopic (exact) mass is 512 g/mol. The fourth-order valence-corrected chi connectivity index (χ4v) is 4.51. The molecule has 0 spiro atoms. The first-order valence-corrected chi connectivity index (χ1v) is 10.9. The maximum Gasteiger partial charge on any atom is 0.417 e. The van der Waals surface area contributed by atoms with E-state index in [1.54, 1.807) is 12.3 Å². The highest BCUT2D eigenvalue weighted by Crippen LogP contribution is 2.37. The normalized spacial score (nSPS) is 11.9. The minimum Gasteiger partial charge on any atom is -0.444 e. The van der Waals surface area contributed by atoms with Gasteiger partial charge in [-0.15, -0.1) is 11.3 Å². The van der Waals surface area contributed by atoms with Gasteiger partial charge in [-0.2, -0.15) is 13.2 Å². The van der Waals surface area contributed by atoms with E-state index in [0.29, 0.717) is 22.6 Å². The second-order valence-electron chi connectivity index (χ2n) is 7.48. The molecule has 0 atom stereocenters. The van der Waals surface area contributed by atoms with E-state index in [9.17, 15) is 27.6 Å². The van der Waals surface area contributed by atoms with Gasteiger partial charge in [-0.05, 0) is 19.1 Å². The zero-order valence-corrected chi connectivity index (χ0v) is 19.5. The number of hydrogen-bond acceptors (Lipinski definition) is 6. The van der Waals surface area contributed by atoms with Crippen molar-refractivity contribution < 1.29 is 22.4 Å². The summed E-state index contributed by atoms with van der Waals surface area (Å²) in [5.74, 6) is -0.171. The number of carbonyl (C=O) groups excluding carboxylic acids is 1. The third-order valence-corrected chi connectivity index (χ3v) is 6.32. The summed E-state index contributed by atoms with van der Waals surface area (Å²) in [7, 11) is 2.79. The molecular formula is C21H16ClF3N4O4S. The molecule has 0 unspecified atom stereocenters. The van der Waals surface area contributed by atoms with Gasteiger partial charge in [0.2, 0.25) is 11.6 Å². The van der Waals surface area contributed by atoms with Crippen molar-refractivity contribution in [2.24, 2.45) is 14.1 Å². The molecule has 1 N–H and O–H groups in total. The average molecular weight is 513 g/mol. The first-order valence-electron chi connectivity index (χ1n) is 9.69.